The summed E-state index contributed by atoms with van der Waals surface area (Å²) in [6.45, 7) is 6.07. The Labute approximate surface area is 192 Å². The third-order valence-corrected chi connectivity index (χ3v) is 6.00. The van der Waals surface area contributed by atoms with Gasteiger partial charge in [0.15, 0.2) is 0 Å². The molecular weight excluding hydrogens is 414 g/mol. The molecule has 4 heterocycles. The summed E-state index contributed by atoms with van der Waals surface area (Å²) in [6, 6.07) is 14.2. The number of carbonyl (C=O) groups excluding carboxylic acids is 1. The number of carbonyl (C=O) groups is 1. The Balaban J connectivity index is 1.26. The van der Waals surface area contributed by atoms with Gasteiger partial charge in [0.05, 0.1) is 0 Å². The normalized spacial score (nSPS) is 14.0. The fourth-order valence-electron chi connectivity index (χ4n) is 4.30. The van der Waals surface area contributed by atoms with Crippen LogP contribution in [0.3, 0.4) is 0 Å². The van der Waals surface area contributed by atoms with E-state index in [1.807, 2.05) is 65.3 Å². The maximum Gasteiger partial charge on any atom is 0.242 e. The molecule has 1 aliphatic heterocycles. The number of hydrogen-bond acceptors (Lipinski definition) is 6. The summed E-state index contributed by atoms with van der Waals surface area (Å²) in [7, 11) is 0. The molecule has 8 nitrogen and oxygen atoms in total. The summed E-state index contributed by atoms with van der Waals surface area (Å²) >= 11 is 0. The predicted octanol–water partition coefficient (Wildman–Crippen LogP) is 3.27. The zero-order chi connectivity index (χ0) is 22.6. The van der Waals surface area contributed by atoms with Crippen molar-refractivity contribution in [1.82, 2.24) is 24.4 Å². The van der Waals surface area contributed by atoms with E-state index in [0.29, 0.717) is 25.6 Å². The molecule has 4 aromatic rings. The van der Waals surface area contributed by atoms with Crippen molar-refractivity contribution in [1.29, 1.82) is 0 Å². The van der Waals surface area contributed by atoms with E-state index in [9.17, 15) is 4.79 Å². The zero-order valence-electron chi connectivity index (χ0n) is 18.7. The summed E-state index contributed by atoms with van der Waals surface area (Å²) in [4.78, 5) is 30.5. The minimum atomic E-state index is 0.124. The lowest BCUT2D eigenvalue weighted by molar-refractivity contribution is -0.132. The molecule has 0 radical (unpaired) electrons. The first-order valence-corrected chi connectivity index (χ1v) is 11.3. The highest BCUT2D eigenvalue weighted by Gasteiger charge is 2.23. The first kappa shape index (κ1) is 20.9. The Morgan fingerprint density at radius 1 is 0.970 bits per heavy atom. The molecule has 8 heteroatoms. The van der Waals surface area contributed by atoms with E-state index in [-0.39, 0.29) is 5.91 Å². The summed E-state index contributed by atoms with van der Waals surface area (Å²) in [5.41, 5.74) is 4.08. The van der Waals surface area contributed by atoms with Crippen LogP contribution in [0.15, 0.2) is 67.3 Å². The van der Waals surface area contributed by atoms with Gasteiger partial charge in [0.1, 0.15) is 12.2 Å². The number of para-hydroxylation sites is 1. The third kappa shape index (κ3) is 4.37. The number of amides is 1. The van der Waals surface area contributed by atoms with Crippen LogP contribution >= 0.6 is 0 Å². The number of piperazine rings is 1. The Morgan fingerprint density at radius 3 is 2.55 bits per heavy atom. The Kier molecular flexibility index (Phi) is 5.89. The fraction of sp³-hybridized carbons (Fsp3) is 0.280. The number of fused-ring (bicyclic) bond motifs is 1. The van der Waals surface area contributed by atoms with E-state index in [2.05, 4.69) is 37.3 Å². The molecule has 33 heavy (non-hydrogen) atoms. The van der Waals surface area contributed by atoms with Gasteiger partial charge in [0, 0.05) is 79.7 Å². The summed E-state index contributed by atoms with van der Waals surface area (Å²) < 4.78 is 1.93. The Bertz CT molecular complexity index is 1240. The van der Waals surface area contributed by atoms with Crippen molar-refractivity contribution >= 4 is 28.6 Å². The standard InChI is InChI=1S/C25H27N7O/c1-2-26-25-28-16-20(17-29-25)21-7-3-4-8-22(21)30-12-14-31(15-13-30)23(33)18-32-11-9-19-6-5-10-27-24(19)32/h3-11,16-17H,2,12-15,18H2,1H3,(H,26,28,29). The first-order chi connectivity index (χ1) is 16.2. The number of anilines is 2. The molecule has 0 unspecified atom stereocenters. The molecule has 0 bridgehead atoms. The molecule has 1 N–H and O–H groups in total. The van der Waals surface area contributed by atoms with Crippen molar-refractivity contribution in [3.05, 3.63) is 67.3 Å². The lowest BCUT2D eigenvalue weighted by Gasteiger charge is -2.37. The Morgan fingerprint density at radius 2 is 1.76 bits per heavy atom. The number of hydrogen-bond donors (Lipinski definition) is 1. The molecule has 5 rings (SSSR count). The number of benzene rings is 1. The monoisotopic (exact) mass is 441 g/mol. The van der Waals surface area contributed by atoms with E-state index in [1.165, 1.54) is 0 Å². The number of pyridine rings is 1. The molecule has 1 aliphatic rings. The van der Waals surface area contributed by atoms with Gasteiger partial charge < -0.3 is 19.7 Å². The number of nitrogens with one attached hydrogen (secondary N) is 1. The van der Waals surface area contributed by atoms with Crippen molar-refractivity contribution in [2.45, 2.75) is 13.5 Å². The maximum absolute atomic E-state index is 13.0. The lowest BCUT2D eigenvalue weighted by Crippen LogP contribution is -2.49. The highest BCUT2D eigenvalue weighted by molar-refractivity contribution is 5.82. The Hall–Kier alpha value is -3.94. The molecule has 1 amide bonds. The van der Waals surface area contributed by atoms with Crippen molar-refractivity contribution in [3.8, 4) is 11.1 Å². The second kappa shape index (κ2) is 9.28. The minimum absolute atomic E-state index is 0.124. The van der Waals surface area contributed by atoms with Crippen molar-refractivity contribution in [2.24, 2.45) is 0 Å². The van der Waals surface area contributed by atoms with Crippen molar-refractivity contribution in [2.75, 3.05) is 42.9 Å². The maximum atomic E-state index is 13.0. The van der Waals surface area contributed by atoms with Gasteiger partial charge in [-0.25, -0.2) is 15.0 Å². The van der Waals surface area contributed by atoms with Gasteiger partial charge in [0.25, 0.3) is 0 Å². The van der Waals surface area contributed by atoms with Gasteiger partial charge >= 0.3 is 0 Å². The molecule has 168 valence electrons. The van der Waals surface area contributed by atoms with Gasteiger partial charge in [-0.3, -0.25) is 4.79 Å². The fourth-order valence-corrected chi connectivity index (χ4v) is 4.30. The largest absolute Gasteiger partial charge is 0.367 e. The SMILES string of the molecule is CCNc1ncc(-c2ccccc2N2CCN(C(=O)Cn3ccc4cccnc43)CC2)cn1. The first-order valence-electron chi connectivity index (χ1n) is 11.3. The number of nitrogens with zero attached hydrogens (tertiary/aromatic N) is 6. The van der Waals surface area contributed by atoms with Crippen LogP contribution in [0.4, 0.5) is 11.6 Å². The van der Waals surface area contributed by atoms with Crippen LogP contribution in [0.2, 0.25) is 0 Å². The molecule has 1 saturated heterocycles. The van der Waals surface area contributed by atoms with E-state index in [0.717, 1.165) is 47.5 Å². The molecule has 0 aliphatic carbocycles. The van der Waals surface area contributed by atoms with Crippen LogP contribution in [-0.2, 0) is 11.3 Å². The third-order valence-electron chi connectivity index (χ3n) is 6.00. The molecule has 1 aromatic carbocycles. The molecule has 3 aromatic heterocycles. The topological polar surface area (TPSA) is 79.2 Å². The second-order valence-corrected chi connectivity index (χ2v) is 8.07. The number of rotatable bonds is 6. The minimum Gasteiger partial charge on any atom is -0.367 e. The molecule has 0 spiro atoms. The quantitative estimate of drug-likeness (QED) is 0.495. The van der Waals surface area contributed by atoms with E-state index in [4.69, 9.17) is 0 Å². The van der Waals surface area contributed by atoms with Gasteiger partial charge in [-0.15, -0.1) is 0 Å². The van der Waals surface area contributed by atoms with Crippen LogP contribution in [0.1, 0.15) is 6.92 Å². The van der Waals surface area contributed by atoms with E-state index < -0.39 is 0 Å². The predicted molar refractivity (Wildman–Crippen MR) is 130 cm³/mol. The summed E-state index contributed by atoms with van der Waals surface area (Å²) in [5.74, 6) is 0.759. The van der Waals surface area contributed by atoms with E-state index >= 15 is 0 Å². The van der Waals surface area contributed by atoms with Gasteiger partial charge in [-0.1, -0.05) is 18.2 Å². The van der Waals surface area contributed by atoms with Crippen LogP contribution in [0, 0.1) is 0 Å². The van der Waals surface area contributed by atoms with Crippen molar-refractivity contribution < 1.29 is 4.79 Å². The van der Waals surface area contributed by atoms with Crippen LogP contribution in [0.25, 0.3) is 22.2 Å². The van der Waals surface area contributed by atoms with Crippen LogP contribution in [-0.4, -0.2) is 63.0 Å². The number of aromatic nitrogens is 4. The average Bonchev–Trinajstić information content (AvgIpc) is 3.27. The second-order valence-electron chi connectivity index (χ2n) is 8.07. The highest BCUT2D eigenvalue weighted by atomic mass is 16.2. The lowest BCUT2D eigenvalue weighted by atomic mass is 10.1. The van der Waals surface area contributed by atoms with Gasteiger partial charge in [0.2, 0.25) is 11.9 Å². The molecule has 0 atom stereocenters. The molecule has 1 fully saturated rings. The summed E-state index contributed by atoms with van der Waals surface area (Å²) in [6.07, 6.45) is 7.42. The summed E-state index contributed by atoms with van der Waals surface area (Å²) in [5, 5.41) is 4.18. The van der Waals surface area contributed by atoms with Crippen molar-refractivity contribution in [3.63, 3.8) is 0 Å². The van der Waals surface area contributed by atoms with Crippen LogP contribution < -0.4 is 10.2 Å². The van der Waals surface area contributed by atoms with Gasteiger partial charge in [-0.05, 0) is 31.2 Å². The molecule has 0 saturated carbocycles. The zero-order valence-corrected chi connectivity index (χ0v) is 18.7. The van der Waals surface area contributed by atoms with Gasteiger partial charge in [-0.2, -0.15) is 0 Å². The van der Waals surface area contributed by atoms with Crippen LogP contribution in [0.5, 0.6) is 0 Å². The molecular formula is C25H27N7O. The smallest absolute Gasteiger partial charge is 0.242 e. The highest BCUT2D eigenvalue weighted by Crippen LogP contribution is 2.31. The average molecular weight is 442 g/mol. The van der Waals surface area contributed by atoms with E-state index in [1.54, 1.807) is 6.20 Å².